The lowest BCUT2D eigenvalue weighted by Gasteiger charge is -2.06. The molecule has 6 nitrogen and oxygen atoms in total. The van der Waals surface area contributed by atoms with Gasteiger partial charge >= 0.3 is 11.9 Å². The molecule has 0 saturated carbocycles. The lowest BCUT2D eigenvalue weighted by molar-refractivity contribution is -0.145. The van der Waals surface area contributed by atoms with Gasteiger partial charge in [0.2, 0.25) is 11.9 Å². The van der Waals surface area contributed by atoms with Crippen molar-refractivity contribution in [2.75, 3.05) is 6.61 Å². The maximum Gasteiger partial charge on any atom is 0.375 e. The Bertz CT molecular complexity index is 706. The fourth-order valence-corrected chi connectivity index (χ4v) is 2.02. The number of carbonyl (C=O) groups is 2. The molecule has 0 unspecified atom stereocenters. The third-order valence-electron chi connectivity index (χ3n) is 3.19. The van der Waals surface area contributed by atoms with Crippen LogP contribution in [0.4, 0.5) is 4.39 Å². The Balaban J connectivity index is 1.55. The molecule has 1 atom stereocenters. The molecule has 7 heteroatoms. The first-order valence-electron chi connectivity index (χ1n) is 6.96. The normalized spacial score (nSPS) is 16.9. The third kappa shape index (κ3) is 3.68. The van der Waals surface area contributed by atoms with E-state index >= 15 is 0 Å². The summed E-state index contributed by atoms with van der Waals surface area (Å²) in [6.45, 7) is 0.316. The number of benzene rings is 1. The van der Waals surface area contributed by atoms with Crippen LogP contribution < -0.4 is 4.74 Å². The molecule has 1 aromatic carbocycles. The summed E-state index contributed by atoms with van der Waals surface area (Å²) in [5.74, 6) is -0.796. The highest BCUT2D eigenvalue weighted by Crippen LogP contribution is 2.17. The molecule has 2 heterocycles. The smallest absolute Gasteiger partial charge is 0.375 e. The fourth-order valence-electron chi connectivity index (χ4n) is 2.02. The van der Waals surface area contributed by atoms with Crippen LogP contribution >= 0.6 is 0 Å². The summed E-state index contributed by atoms with van der Waals surface area (Å²) in [6, 6.07) is 8.53. The second kappa shape index (κ2) is 6.51. The van der Waals surface area contributed by atoms with Crippen molar-refractivity contribution in [3.05, 3.63) is 53.7 Å². The number of rotatable bonds is 5. The Morgan fingerprint density at radius 3 is 2.70 bits per heavy atom. The zero-order valence-corrected chi connectivity index (χ0v) is 12.0. The SMILES string of the molecule is O=C(O[C@@H]1CCOC1=O)c1ccc(COc2ccc(F)cc2)o1. The average Bonchev–Trinajstić information content (AvgIpc) is 3.17. The van der Waals surface area contributed by atoms with Gasteiger partial charge in [0.05, 0.1) is 6.61 Å². The van der Waals surface area contributed by atoms with E-state index in [9.17, 15) is 14.0 Å². The minimum absolute atomic E-state index is 0.0255. The lowest BCUT2D eigenvalue weighted by atomic mass is 10.3. The molecule has 1 fully saturated rings. The Morgan fingerprint density at radius 1 is 1.22 bits per heavy atom. The van der Waals surface area contributed by atoms with Crippen LogP contribution in [0.1, 0.15) is 22.7 Å². The van der Waals surface area contributed by atoms with Crippen LogP contribution in [0.5, 0.6) is 5.75 Å². The van der Waals surface area contributed by atoms with E-state index in [0.717, 1.165) is 0 Å². The van der Waals surface area contributed by atoms with E-state index in [-0.39, 0.29) is 24.8 Å². The van der Waals surface area contributed by atoms with E-state index in [1.54, 1.807) is 6.07 Å². The molecule has 120 valence electrons. The van der Waals surface area contributed by atoms with Gasteiger partial charge in [-0.05, 0) is 36.4 Å². The Labute approximate surface area is 130 Å². The number of furan rings is 1. The zero-order valence-electron chi connectivity index (χ0n) is 12.0. The van der Waals surface area contributed by atoms with Crippen molar-refractivity contribution in [3.63, 3.8) is 0 Å². The molecule has 0 N–H and O–H groups in total. The summed E-state index contributed by atoms with van der Waals surface area (Å²) < 4.78 is 33.2. The summed E-state index contributed by atoms with van der Waals surface area (Å²) in [5, 5.41) is 0. The van der Waals surface area contributed by atoms with Crippen molar-refractivity contribution < 1.29 is 32.6 Å². The first-order chi connectivity index (χ1) is 11.1. The molecule has 1 aliphatic heterocycles. The van der Waals surface area contributed by atoms with E-state index < -0.39 is 18.0 Å². The largest absolute Gasteiger partial charge is 0.486 e. The molecular formula is C16H13FO6. The number of hydrogen-bond acceptors (Lipinski definition) is 6. The van der Waals surface area contributed by atoms with Crippen LogP contribution in [-0.2, 0) is 20.9 Å². The van der Waals surface area contributed by atoms with Gasteiger partial charge < -0.3 is 18.6 Å². The number of carbonyl (C=O) groups excluding carboxylic acids is 2. The molecule has 2 aromatic rings. The quantitative estimate of drug-likeness (QED) is 0.788. The highest BCUT2D eigenvalue weighted by Gasteiger charge is 2.31. The molecule has 0 bridgehead atoms. The predicted octanol–water partition coefficient (Wildman–Crippen LogP) is 2.47. The summed E-state index contributed by atoms with van der Waals surface area (Å²) >= 11 is 0. The van der Waals surface area contributed by atoms with Crippen molar-refractivity contribution in [2.45, 2.75) is 19.1 Å². The van der Waals surface area contributed by atoms with Crippen molar-refractivity contribution in [1.29, 1.82) is 0 Å². The second-order valence-corrected chi connectivity index (χ2v) is 4.86. The van der Waals surface area contributed by atoms with Crippen LogP contribution in [0.3, 0.4) is 0 Å². The maximum atomic E-state index is 12.8. The van der Waals surface area contributed by atoms with Crippen LogP contribution in [0.25, 0.3) is 0 Å². The van der Waals surface area contributed by atoms with Gasteiger partial charge in [-0.25, -0.2) is 14.0 Å². The van der Waals surface area contributed by atoms with Crippen LogP contribution in [0, 0.1) is 5.82 Å². The summed E-state index contributed by atoms with van der Waals surface area (Å²) in [6.07, 6.45) is -0.544. The van der Waals surface area contributed by atoms with Gasteiger partial charge in [-0.15, -0.1) is 0 Å². The monoisotopic (exact) mass is 320 g/mol. The Kier molecular flexibility index (Phi) is 4.27. The maximum absolute atomic E-state index is 12.8. The molecule has 1 saturated heterocycles. The molecule has 0 aliphatic carbocycles. The van der Waals surface area contributed by atoms with Crippen molar-refractivity contribution >= 4 is 11.9 Å². The lowest BCUT2D eigenvalue weighted by Crippen LogP contribution is -2.22. The molecule has 0 radical (unpaired) electrons. The number of cyclic esters (lactones) is 1. The molecule has 23 heavy (non-hydrogen) atoms. The standard InChI is InChI=1S/C16H13FO6/c17-10-1-3-11(4-2-10)21-9-12-5-6-13(22-12)16(19)23-14-7-8-20-15(14)18/h1-6,14H,7-9H2/t14-/m1/s1. The fraction of sp³-hybridized carbons (Fsp3) is 0.250. The molecule has 0 spiro atoms. The van der Waals surface area contributed by atoms with E-state index in [2.05, 4.69) is 0 Å². The predicted molar refractivity (Wildman–Crippen MR) is 74.2 cm³/mol. The number of esters is 2. The van der Waals surface area contributed by atoms with Crippen LogP contribution in [0.2, 0.25) is 0 Å². The minimum atomic E-state index is -0.883. The average molecular weight is 320 g/mol. The van der Waals surface area contributed by atoms with E-state index in [1.165, 1.54) is 30.3 Å². The molecular weight excluding hydrogens is 307 g/mol. The topological polar surface area (TPSA) is 75.0 Å². The van der Waals surface area contributed by atoms with Crippen LogP contribution in [-0.4, -0.2) is 24.6 Å². The van der Waals surface area contributed by atoms with Gasteiger partial charge in [-0.3, -0.25) is 0 Å². The van der Waals surface area contributed by atoms with Gasteiger partial charge in [-0.2, -0.15) is 0 Å². The molecule has 1 aliphatic rings. The van der Waals surface area contributed by atoms with Gasteiger partial charge in [-0.1, -0.05) is 0 Å². The number of hydrogen-bond donors (Lipinski definition) is 0. The van der Waals surface area contributed by atoms with Crippen molar-refractivity contribution in [3.8, 4) is 5.75 Å². The molecule has 0 amide bonds. The van der Waals surface area contributed by atoms with E-state index in [1.807, 2.05) is 0 Å². The van der Waals surface area contributed by atoms with Gasteiger partial charge in [0.15, 0.2) is 0 Å². The first kappa shape index (κ1) is 15.1. The zero-order chi connectivity index (χ0) is 16.2. The summed E-state index contributed by atoms with van der Waals surface area (Å²) in [5.41, 5.74) is 0. The van der Waals surface area contributed by atoms with Crippen molar-refractivity contribution in [1.82, 2.24) is 0 Å². The highest BCUT2D eigenvalue weighted by atomic mass is 19.1. The summed E-state index contributed by atoms with van der Waals surface area (Å²) in [4.78, 5) is 23.1. The van der Waals surface area contributed by atoms with Crippen molar-refractivity contribution in [2.24, 2.45) is 0 Å². The summed E-state index contributed by atoms with van der Waals surface area (Å²) in [7, 11) is 0. The molecule has 3 rings (SSSR count). The Hall–Kier alpha value is -2.83. The van der Waals surface area contributed by atoms with Gasteiger partial charge in [0.1, 0.15) is 23.9 Å². The minimum Gasteiger partial charge on any atom is -0.486 e. The second-order valence-electron chi connectivity index (χ2n) is 4.86. The van der Waals surface area contributed by atoms with Gasteiger partial charge in [0, 0.05) is 6.42 Å². The van der Waals surface area contributed by atoms with E-state index in [4.69, 9.17) is 18.6 Å². The number of ether oxygens (including phenoxy) is 3. The van der Waals surface area contributed by atoms with Crippen LogP contribution in [0.15, 0.2) is 40.8 Å². The highest BCUT2D eigenvalue weighted by molar-refractivity contribution is 5.89. The Morgan fingerprint density at radius 2 is 2.00 bits per heavy atom. The third-order valence-corrected chi connectivity index (χ3v) is 3.19. The number of halogens is 1. The first-order valence-corrected chi connectivity index (χ1v) is 6.96. The molecule has 1 aromatic heterocycles. The van der Waals surface area contributed by atoms with E-state index in [0.29, 0.717) is 17.9 Å². The van der Waals surface area contributed by atoms with Gasteiger partial charge in [0.25, 0.3) is 0 Å².